The molecule has 0 aromatic carbocycles. The van der Waals surface area contributed by atoms with Crippen LogP contribution < -0.4 is 20.8 Å². The van der Waals surface area contributed by atoms with Crippen LogP contribution in [0, 0.1) is 6.92 Å². The van der Waals surface area contributed by atoms with Crippen LogP contribution >= 0.6 is 15.6 Å². The summed E-state index contributed by atoms with van der Waals surface area (Å²) in [5.41, 5.74) is 4.66. The van der Waals surface area contributed by atoms with E-state index in [4.69, 9.17) is 15.2 Å². The number of ether oxygens (including phenoxy) is 2. The SMILES string of the molecule is Cc1nc2c(=O)[nH]cnc2n1[C@@H]1O[C@H](COP(=O)(O)OP(=O)([O-])OC[C@H]2O[C@@H]([n+]3cccc(C(N)=O)c3)[C@H](O)[C@@H]2O)[C@@H](O)[C@H]1O. The summed E-state index contributed by atoms with van der Waals surface area (Å²) in [6.45, 7) is -0.452. The molecule has 3 aromatic heterocycles. The van der Waals surface area contributed by atoms with E-state index in [1.807, 2.05) is 0 Å². The standard InChI is InChI=1S/C22H28N6O15P2/c1-9-26-13-19(24-8-25-20(13)34)28(9)22-17(32)15(30)12(42-22)7-40-45(37,38)43-44(35,36)39-6-11-14(29)16(31)21(41-11)27-4-2-3-10(5-27)18(23)33/h2-5,8,11-12,14-17,21-22,29-32H,6-7H2,1H3,(H4-,23,24,25,33,34,35,36,37,38)/t11-,12-,14-,15-,16-,17-,21-,22-/m1/s1. The predicted molar refractivity (Wildman–Crippen MR) is 140 cm³/mol. The Balaban J connectivity index is 1.17. The second-order valence-electron chi connectivity index (χ2n) is 10.0. The molecule has 2 aliphatic heterocycles. The molecule has 2 fully saturated rings. The number of phosphoric acid groups is 2. The molecule has 0 bridgehead atoms. The number of aryl methyl sites for hydroxylation is 1. The summed E-state index contributed by atoms with van der Waals surface area (Å²) >= 11 is 0. The Morgan fingerprint density at radius 3 is 2.51 bits per heavy atom. The van der Waals surface area contributed by atoms with Gasteiger partial charge >= 0.3 is 7.82 Å². The molecule has 10 atom stereocenters. The van der Waals surface area contributed by atoms with E-state index in [0.29, 0.717) is 0 Å². The fourth-order valence-corrected chi connectivity index (χ4v) is 6.88. The van der Waals surface area contributed by atoms with Crippen LogP contribution in [0.4, 0.5) is 0 Å². The maximum absolute atomic E-state index is 12.4. The molecule has 246 valence electrons. The van der Waals surface area contributed by atoms with Gasteiger partial charge in [0, 0.05) is 6.07 Å². The van der Waals surface area contributed by atoms with Crippen molar-refractivity contribution in [3.63, 3.8) is 0 Å². The number of H-pyrrole nitrogens is 1. The van der Waals surface area contributed by atoms with Crippen LogP contribution in [0.25, 0.3) is 11.2 Å². The van der Waals surface area contributed by atoms with E-state index in [1.165, 1.54) is 40.6 Å². The number of nitrogens with one attached hydrogen (secondary N) is 1. The number of aromatic nitrogens is 5. The lowest BCUT2D eigenvalue weighted by molar-refractivity contribution is -0.765. The number of pyridine rings is 1. The number of aliphatic hydroxyl groups is 4. The lowest BCUT2D eigenvalue weighted by Gasteiger charge is -2.26. The molecule has 1 amide bonds. The van der Waals surface area contributed by atoms with Crippen LogP contribution in [0.1, 0.15) is 28.6 Å². The number of primary amides is 1. The van der Waals surface area contributed by atoms with Gasteiger partial charge in [0.15, 0.2) is 35.9 Å². The van der Waals surface area contributed by atoms with Crippen molar-refractivity contribution >= 4 is 32.7 Å². The zero-order valence-corrected chi connectivity index (χ0v) is 24.8. The first kappa shape index (κ1) is 33.4. The van der Waals surface area contributed by atoms with Gasteiger partial charge in [-0.15, -0.1) is 0 Å². The Bertz CT molecular complexity index is 1740. The molecule has 2 aliphatic rings. The van der Waals surface area contributed by atoms with Crippen molar-refractivity contribution in [3.8, 4) is 0 Å². The fourth-order valence-electron chi connectivity index (χ4n) is 4.83. The van der Waals surface area contributed by atoms with Gasteiger partial charge in [-0.05, 0) is 13.0 Å². The van der Waals surface area contributed by atoms with Gasteiger partial charge in [-0.3, -0.25) is 23.2 Å². The fraction of sp³-hybridized carbons (Fsp3) is 0.500. The average Bonchev–Trinajstić information content (AvgIpc) is 3.56. The van der Waals surface area contributed by atoms with Crippen molar-refractivity contribution in [1.29, 1.82) is 0 Å². The maximum atomic E-state index is 12.4. The molecule has 5 rings (SSSR count). The van der Waals surface area contributed by atoms with Gasteiger partial charge in [0.1, 0.15) is 41.9 Å². The third kappa shape index (κ3) is 6.91. The Kier molecular flexibility index (Phi) is 9.38. The first-order valence-corrected chi connectivity index (χ1v) is 15.9. The van der Waals surface area contributed by atoms with E-state index in [1.54, 1.807) is 0 Å². The van der Waals surface area contributed by atoms with Crippen LogP contribution in [0.15, 0.2) is 35.6 Å². The molecule has 0 saturated carbocycles. The first-order valence-electron chi connectivity index (χ1n) is 13.0. The van der Waals surface area contributed by atoms with Gasteiger partial charge in [-0.2, -0.15) is 4.57 Å². The van der Waals surface area contributed by atoms with E-state index in [2.05, 4.69) is 28.3 Å². The highest BCUT2D eigenvalue weighted by Crippen LogP contribution is 2.58. The second-order valence-corrected chi connectivity index (χ2v) is 13.0. The van der Waals surface area contributed by atoms with Gasteiger partial charge < -0.3 is 54.9 Å². The molecular formula is C22H28N6O15P2. The minimum Gasteiger partial charge on any atom is -0.756 e. The monoisotopic (exact) mass is 678 g/mol. The van der Waals surface area contributed by atoms with Crippen LogP contribution in [-0.4, -0.2) is 101 Å². The van der Waals surface area contributed by atoms with E-state index >= 15 is 0 Å². The normalized spacial score (nSPS) is 31.2. The number of aliphatic hydroxyl groups excluding tert-OH is 4. The van der Waals surface area contributed by atoms with Gasteiger partial charge in [0.25, 0.3) is 25.5 Å². The van der Waals surface area contributed by atoms with E-state index in [0.717, 1.165) is 6.33 Å². The van der Waals surface area contributed by atoms with Crippen molar-refractivity contribution in [1.82, 2.24) is 19.5 Å². The first-order chi connectivity index (χ1) is 21.1. The summed E-state index contributed by atoms with van der Waals surface area (Å²) in [5, 5.41) is 41.7. The summed E-state index contributed by atoms with van der Waals surface area (Å²) in [6.07, 6.45) is -8.59. The quantitative estimate of drug-likeness (QED) is 0.0760. The minimum absolute atomic E-state index is 0.0163. The Labute approximate surface area is 251 Å². The summed E-state index contributed by atoms with van der Waals surface area (Å²) in [6, 6.07) is 2.81. The number of nitrogens with two attached hydrogens (primary N) is 1. The van der Waals surface area contributed by atoms with Gasteiger partial charge in [-0.25, -0.2) is 18.8 Å². The molecule has 5 heterocycles. The molecule has 21 nitrogen and oxygen atoms in total. The van der Waals surface area contributed by atoms with Crippen molar-refractivity contribution in [2.24, 2.45) is 5.73 Å². The van der Waals surface area contributed by atoms with Crippen molar-refractivity contribution < 1.29 is 71.5 Å². The number of fused-ring (bicyclic) bond motifs is 1. The number of hydrogen-bond donors (Lipinski definition) is 7. The number of nitrogens with zero attached hydrogens (tertiary/aromatic N) is 4. The molecule has 2 unspecified atom stereocenters. The number of amides is 1. The Morgan fingerprint density at radius 1 is 1.13 bits per heavy atom. The number of imidazole rings is 1. The lowest BCUT2D eigenvalue weighted by Crippen LogP contribution is -2.46. The van der Waals surface area contributed by atoms with Crippen LogP contribution in [-0.2, 0) is 32.0 Å². The molecule has 45 heavy (non-hydrogen) atoms. The number of carbonyl (C=O) groups excluding carboxylic acids is 1. The van der Waals surface area contributed by atoms with Crippen LogP contribution in [0.3, 0.4) is 0 Å². The number of rotatable bonds is 11. The number of phosphoric ester groups is 2. The highest BCUT2D eigenvalue weighted by molar-refractivity contribution is 7.60. The minimum atomic E-state index is -5.64. The smallest absolute Gasteiger partial charge is 0.478 e. The van der Waals surface area contributed by atoms with E-state index < -0.39 is 89.4 Å². The lowest BCUT2D eigenvalue weighted by atomic mass is 10.1. The van der Waals surface area contributed by atoms with Gasteiger partial charge in [0.2, 0.25) is 0 Å². The predicted octanol–water partition coefficient (Wildman–Crippen LogP) is -3.63. The van der Waals surface area contributed by atoms with Gasteiger partial charge in [0.05, 0.1) is 19.5 Å². The number of hydrogen-bond acceptors (Lipinski definition) is 16. The molecule has 0 aliphatic carbocycles. The Morgan fingerprint density at radius 2 is 1.80 bits per heavy atom. The molecule has 8 N–H and O–H groups in total. The van der Waals surface area contributed by atoms with Crippen LogP contribution in [0.2, 0.25) is 0 Å². The second kappa shape index (κ2) is 12.6. The van der Waals surface area contributed by atoms with Crippen molar-refractivity contribution in [2.45, 2.75) is 56.0 Å². The molecule has 0 radical (unpaired) electrons. The van der Waals surface area contributed by atoms with Crippen molar-refractivity contribution in [2.75, 3.05) is 13.2 Å². The molecule has 3 aromatic rings. The topological polar surface area (TPSA) is 315 Å². The molecule has 2 saturated heterocycles. The number of aromatic amines is 1. The zero-order valence-electron chi connectivity index (χ0n) is 23.0. The third-order valence-corrected chi connectivity index (χ3v) is 9.56. The highest BCUT2D eigenvalue weighted by Gasteiger charge is 2.49. The summed E-state index contributed by atoms with van der Waals surface area (Å²) in [5.74, 6) is -0.597. The van der Waals surface area contributed by atoms with E-state index in [-0.39, 0.29) is 22.6 Å². The highest BCUT2D eigenvalue weighted by atomic mass is 31.3. The molecule has 23 heteroatoms. The zero-order chi connectivity index (χ0) is 32.8. The molecule has 0 spiro atoms. The van der Waals surface area contributed by atoms with Crippen LogP contribution in [0.5, 0.6) is 0 Å². The van der Waals surface area contributed by atoms with E-state index in [9.17, 15) is 48.9 Å². The summed E-state index contributed by atoms with van der Waals surface area (Å²) < 4.78 is 51.6. The Hall–Kier alpha value is -3.01. The molecular weight excluding hydrogens is 650 g/mol. The number of carbonyl (C=O) groups is 1. The maximum Gasteiger partial charge on any atom is 0.478 e. The average molecular weight is 678 g/mol. The van der Waals surface area contributed by atoms with Crippen molar-refractivity contribution in [3.05, 3.63) is 52.6 Å². The largest absolute Gasteiger partial charge is 0.756 e. The third-order valence-electron chi connectivity index (χ3n) is 6.99. The summed E-state index contributed by atoms with van der Waals surface area (Å²) in [4.78, 5) is 56.2. The summed E-state index contributed by atoms with van der Waals surface area (Å²) in [7, 11) is -11.1. The van der Waals surface area contributed by atoms with Gasteiger partial charge in [-0.1, -0.05) is 0 Å².